The zero-order valence-corrected chi connectivity index (χ0v) is 23.1. The van der Waals surface area contributed by atoms with Gasteiger partial charge in [0.15, 0.2) is 11.5 Å². The fourth-order valence-corrected chi connectivity index (χ4v) is 5.95. The van der Waals surface area contributed by atoms with Gasteiger partial charge in [-0.2, -0.15) is 15.3 Å². The summed E-state index contributed by atoms with van der Waals surface area (Å²) in [6.45, 7) is 2.50. The average molecular weight is 566 g/mol. The van der Waals surface area contributed by atoms with Gasteiger partial charge in [-0.05, 0) is 56.0 Å². The monoisotopic (exact) mass is 565 g/mol. The highest BCUT2D eigenvalue weighted by molar-refractivity contribution is 6.05. The third kappa shape index (κ3) is 3.92. The quantitative estimate of drug-likeness (QED) is 0.287. The van der Waals surface area contributed by atoms with E-state index in [2.05, 4.69) is 26.6 Å². The minimum atomic E-state index is -0.471. The third-order valence-corrected chi connectivity index (χ3v) is 8.54. The summed E-state index contributed by atoms with van der Waals surface area (Å²) in [6.07, 6.45) is 3.97. The molecule has 4 heterocycles. The summed E-state index contributed by atoms with van der Waals surface area (Å²) in [5.41, 5.74) is 8.39. The maximum Gasteiger partial charge on any atom is 0.270 e. The number of aromatic amines is 1. The third-order valence-electron chi connectivity index (χ3n) is 8.54. The molecule has 1 fully saturated rings. The van der Waals surface area contributed by atoms with Crippen LogP contribution in [0, 0.1) is 17.1 Å². The van der Waals surface area contributed by atoms with Crippen molar-refractivity contribution in [2.24, 2.45) is 0 Å². The number of H-pyrrole nitrogens is 1. The molecule has 0 spiro atoms. The first kappa shape index (κ1) is 25.8. The van der Waals surface area contributed by atoms with Crippen LogP contribution in [0.15, 0.2) is 53.5 Å². The highest BCUT2D eigenvalue weighted by Gasteiger charge is 2.39. The first-order valence-corrected chi connectivity index (χ1v) is 13.8. The van der Waals surface area contributed by atoms with E-state index in [4.69, 9.17) is 15.5 Å². The van der Waals surface area contributed by atoms with Crippen LogP contribution >= 0.6 is 0 Å². The number of nitrogens with zero attached hydrogens (tertiary/aromatic N) is 6. The first-order valence-electron chi connectivity index (χ1n) is 13.8. The second kappa shape index (κ2) is 9.44. The molecule has 1 unspecified atom stereocenters. The molecule has 2 aliphatic rings. The molecule has 7 rings (SSSR count). The lowest BCUT2D eigenvalue weighted by Crippen LogP contribution is -2.47. The minimum absolute atomic E-state index is 0.0891. The van der Waals surface area contributed by atoms with Crippen molar-refractivity contribution in [1.82, 2.24) is 24.7 Å². The lowest BCUT2D eigenvalue weighted by Gasteiger charge is -2.36. The molecular formula is C30H28FN9O2. The molecule has 0 amide bonds. The van der Waals surface area contributed by atoms with E-state index in [1.54, 1.807) is 12.3 Å². The number of nitrogen functional groups attached to an aromatic ring is 1. The van der Waals surface area contributed by atoms with Crippen molar-refractivity contribution in [3.8, 4) is 17.5 Å². The summed E-state index contributed by atoms with van der Waals surface area (Å²) in [7, 11) is 1.93. The molecule has 212 valence electrons. The van der Waals surface area contributed by atoms with Gasteiger partial charge in [-0.25, -0.2) is 9.37 Å². The van der Waals surface area contributed by atoms with Gasteiger partial charge in [0.25, 0.3) is 5.56 Å². The van der Waals surface area contributed by atoms with Crippen LogP contribution in [0.2, 0.25) is 0 Å². The van der Waals surface area contributed by atoms with Gasteiger partial charge in [-0.15, -0.1) is 0 Å². The fourth-order valence-electron chi connectivity index (χ4n) is 5.95. The molecule has 3 aromatic heterocycles. The molecule has 1 aliphatic heterocycles. The summed E-state index contributed by atoms with van der Waals surface area (Å²) in [5, 5.41) is 20.8. The van der Waals surface area contributed by atoms with Gasteiger partial charge in [0.1, 0.15) is 23.1 Å². The Morgan fingerprint density at radius 2 is 2.05 bits per heavy atom. The molecule has 12 heteroatoms. The van der Waals surface area contributed by atoms with Crippen molar-refractivity contribution in [3.63, 3.8) is 0 Å². The summed E-state index contributed by atoms with van der Waals surface area (Å²) < 4.78 is 21.5. The molecule has 0 saturated heterocycles. The minimum Gasteiger partial charge on any atom is -0.484 e. The number of likely N-dealkylation sites (N-methyl/N-ethyl adjacent to an activating group) is 1. The maximum absolute atomic E-state index is 13.9. The van der Waals surface area contributed by atoms with E-state index in [1.165, 1.54) is 16.7 Å². The van der Waals surface area contributed by atoms with E-state index < -0.39 is 5.41 Å². The number of pyridine rings is 1. The molecule has 42 heavy (non-hydrogen) atoms. The number of ether oxygens (including phenoxy) is 1. The number of halogens is 1. The standard InChI is InChI=1S/C30H28FN9O2/c1-16(23-14-39(2)21-9-6-18(31)12-22(21)42-23)35-29-34-13-20-25-24(26(33)38-37-25)28(41)40(27(20)36-29)19-7-4-17(5-8-19)30(15-32)10-3-11-30/h4-9,12-13,16,23H,3,10-11,14H2,1-2H3,(H3,33,37,38)(H,34,35,36)/t16?,23-/m1/s1. The molecular weight excluding hydrogens is 537 g/mol. The van der Waals surface area contributed by atoms with Gasteiger partial charge in [-0.3, -0.25) is 14.5 Å². The largest absolute Gasteiger partial charge is 0.484 e. The number of nitrogens with two attached hydrogens (primary N) is 1. The van der Waals surface area contributed by atoms with Crippen molar-refractivity contribution >= 4 is 39.4 Å². The van der Waals surface area contributed by atoms with Gasteiger partial charge in [0.05, 0.1) is 46.3 Å². The smallest absolute Gasteiger partial charge is 0.270 e. The van der Waals surface area contributed by atoms with Crippen molar-refractivity contribution in [2.45, 2.75) is 43.7 Å². The number of benzene rings is 2. The number of rotatable bonds is 5. The van der Waals surface area contributed by atoms with Gasteiger partial charge in [-0.1, -0.05) is 12.1 Å². The second-order valence-electron chi connectivity index (χ2n) is 11.1. The number of nitriles is 1. The Hall–Kier alpha value is -5.18. The summed E-state index contributed by atoms with van der Waals surface area (Å²) in [6, 6.07) is 14.2. The topological polar surface area (TPSA) is 151 Å². The first-order chi connectivity index (χ1) is 20.3. The zero-order valence-electron chi connectivity index (χ0n) is 23.1. The highest BCUT2D eigenvalue weighted by atomic mass is 19.1. The van der Waals surface area contributed by atoms with E-state index in [9.17, 15) is 14.4 Å². The van der Waals surface area contributed by atoms with Crippen LogP contribution in [0.4, 0.5) is 21.8 Å². The zero-order chi connectivity index (χ0) is 29.2. The van der Waals surface area contributed by atoms with E-state index in [0.717, 1.165) is 30.5 Å². The second-order valence-corrected chi connectivity index (χ2v) is 11.1. The molecule has 11 nitrogen and oxygen atoms in total. The van der Waals surface area contributed by atoms with Crippen LogP contribution in [0.1, 0.15) is 31.7 Å². The van der Waals surface area contributed by atoms with E-state index in [0.29, 0.717) is 40.5 Å². The van der Waals surface area contributed by atoms with Crippen LogP contribution in [0.5, 0.6) is 5.75 Å². The van der Waals surface area contributed by atoms with Crippen LogP contribution in [-0.2, 0) is 5.41 Å². The normalized spacial score (nSPS) is 18.1. The molecule has 0 bridgehead atoms. The van der Waals surface area contributed by atoms with Crippen molar-refractivity contribution in [2.75, 3.05) is 29.5 Å². The van der Waals surface area contributed by atoms with Crippen LogP contribution in [0.25, 0.3) is 27.6 Å². The predicted octanol–water partition coefficient (Wildman–Crippen LogP) is 4.02. The summed E-state index contributed by atoms with van der Waals surface area (Å²) >= 11 is 0. The Balaban J connectivity index is 1.28. The van der Waals surface area contributed by atoms with Gasteiger partial charge >= 0.3 is 0 Å². The highest BCUT2D eigenvalue weighted by Crippen LogP contribution is 2.43. The Morgan fingerprint density at radius 3 is 2.76 bits per heavy atom. The Morgan fingerprint density at radius 1 is 1.26 bits per heavy atom. The number of hydrogen-bond donors (Lipinski definition) is 3. The average Bonchev–Trinajstić information content (AvgIpc) is 3.35. The number of nitrogens with one attached hydrogen (secondary N) is 2. The number of aromatic nitrogens is 5. The fraction of sp³-hybridized carbons (Fsp3) is 0.300. The molecule has 4 N–H and O–H groups in total. The Bertz CT molecular complexity index is 1960. The lowest BCUT2D eigenvalue weighted by molar-refractivity contribution is 0.178. The van der Waals surface area contributed by atoms with E-state index >= 15 is 0 Å². The van der Waals surface area contributed by atoms with E-state index in [-0.39, 0.29) is 34.7 Å². The Kier molecular flexibility index (Phi) is 5.79. The van der Waals surface area contributed by atoms with Crippen molar-refractivity contribution < 1.29 is 9.13 Å². The van der Waals surface area contributed by atoms with Gasteiger partial charge < -0.3 is 20.7 Å². The van der Waals surface area contributed by atoms with Gasteiger partial charge in [0.2, 0.25) is 5.95 Å². The van der Waals surface area contributed by atoms with Crippen molar-refractivity contribution in [1.29, 1.82) is 5.26 Å². The molecule has 2 atom stereocenters. The predicted molar refractivity (Wildman–Crippen MR) is 158 cm³/mol. The van der Waals surface area contributed by atoms with Crippen molar-refractivity contribution in [3.05, 3.63) is 70.4 Å². The molecule has 2 aromatic carbocycles. The number of anilines is 3. The lowest BCUT2D eigenvalue weighted by atomic mass is 9.65. The molecule has 0 radical (unpaired) electrons. The number of hydrogen-bond acceptors (Lipinski definition) is 9. The maximum atomic E-state index is 13.9. The van der Waals surface area contributed by atoms with Crippen LogP contribution in [0.3, 0.4) is 0 Å². The molecule has 1 aliphatic carbocycles. The SMILES string of the molecule is CC(Nc1ncc2c3[nH]nc(N)c3c(=O)n(-c3ccc(C4(C#N)CCC4)cc3)c2n1)[C@H]1CN(C)c2ccc(F)cc2O1. The molecule has 1 saturated carbocycles. The van der Waals surface area contributed by atoms with Crippen LogP contribution < -0.4 is 26.2 Å². The number of fused-ring (bicyclic) bond motifs is 4. The van der Waals surface area contributed by atoms with E-state index in [1.807, 2.05) is 43.1 Å². The summed E-state index contributed by atoms with van der Waals surface area (Å²) in [4.78, 5) is 25.1. The van der Waals surface area contributed by atoms with Crippen LogP contribution in [-0.4, -0.2) is 50.5 Å². The summed E-state index contributed by atoms with van der Waals surface area (Å²) in [5.74, 6) is 0.485. The Labute approximate surface area is 239 Å². The van der Waals surface area contributed by atoms with Gasteiger partial charge in [0, 0.05) is 19.3 Å². The molecule has 5 aromatic rings.